The zero-order chi connectivity index (χ0) is 9.68. The molecule has 0 aromatic heterocycles. The molecule has 0 heterocycles. The van der Waals surface area contributed by atoms with E-state index in [1.165, 1.54) is 9.13 Å². The standard InChI is InChI=1S/C11H16IN/c1-3-13(4-2)9-10-5-7-11(12)8-6-10/h5-8H,3-4,9H2,1-2H3. The first-order valence-corrected chi connectivity index (χ1v) is 5.81. The van der Waals surface area contributed by atoms with Gasteiger partial charge in [-0.3, -0.25) is 4.90 Å². The molecule has 0 N–H and O–H groups in total. The Bertz CT molecular complexity index is 239. The van der Waals surface area contributed by atoms with Gasteiger partial charge in [0.1, 0.15) is 0 Å². The summed E-state index contributed by atoms with van der Waals surface area (Å²) in [6.45, 7) is 7.74. The number of hydrogen-bond donors (Lipinski definition) is 0. The number of rotatable bonds is 4. The molecule has 1 aromatic rings. The Hall–Kier alpha value is -0.0900. The van der Waals surface area contributed by atoms with E-state index < -0.39 is 0 Å². The van der Waals surface area contributed by atoms with E-state index in [0.717, 1.165) is 19.6 Å². The van der Waals surface area contributed by atoms with Crippen LogP contribution in [-0.2, 0) is 6.54 Å². The van der Waals surface area contributed by atoms with E-state index in [9.17, 15) is 0 Å². The molecule has 1 rings (SSSR count). The third kappa shape index (κ3) is 3.65. The van der Waals surface area contributed by atoms with Crippen molar-refractivity contribution in [3.05, 3.63) is 33.4 Å². The molecule has 13 heavy (non-hydrogen) atoms. The first-order valence-electron chi connectivity index (χ1n) is 4.73. The van der Waals surface area contributed by atoms with Crippen LogP contribution in [0.3, 0.4) is 0 Å². The van der Waals surface area contributed by atoms with Crippen LogP contribution in [0.5, 0.6) is 0 Å². The highest BCUT2D eigenvalue weighted by molar-refractivity contribution is 14.1. The smallest absolute Gasteiger partial charge is 0.0233 e. The van der Waals surface area contributed by atoms with Gasteiger partial charge >= 0.3 is 0 Å². The minimum Gasteiger partial charge on any atom is -0.300 e. The molecule has 0 bridgehead atoms. The molecule has 0 radical (unpaired) electrons. The molecule has 0 saturated carbocycles. The lowest BCUT2D eigenvalue weighted by Gasteiger charge is -2.17. The Labute approximate surface area is 94.3 Å². The second-order valence-corrected chi connectivity index (χ2v) is 4.33. The fraction of sp³-hybridized carbons (Fsp3) is 0.455. The predicted molar refractivity (Wildman–Crippen MR) is 65.8 cm³/mol. The van der Waals surface area contributed by atoms with Gasteiger partial charge < -0.3 is 0 Å². The van der Waals surface area contributed by atoms with Crippen LogP contribution < -0.4 is 0 Å². The first kappa shape index (κ1) is 11.0. The van der Waals surface area contributed by atoms with Gasteiger partial charge in [-0.15, -0.1) is 0 Å². The van der Waals surface area contributed by atoms with Crippen LogP contribution >= 0.6 is 22.6 Å². The summed E-state index contributed by atoms with van der Waals surface area (Å²) in [6, 6.07) is 8.75. The van der Waals surface area contributed by atoms with Crippen molar-refractivity contribution in [2.24, 2.45) is 0 Å². The van der Waals surface area contributed by atoms with Crippen LogP contribution in [0, 0.1) is 3.57 Å². The van der Waals surface area contributed by atoms with Crippen molar-refractivity contribution in [1.29, 1.82) is 0 Å². The molecular formula is C11H16IN. The summed E-state index contributed by atoms with van der Waals surface area (Å²) < 4.78 is 1.31. The normalized spacial score (nSPS) is 10.8. The average Bonchev–Trinajstić information content (AvgIpc) is 2.17. The van der Waals surface area contributed by atoms with Crippen LogP contribution in [0.25, 0.3) is 0 Å². The molecule has 0 atom stereocenters. The van der Waals surface area contributed by atoms with Crippen molar-refractivity contribution in [2.45, 2.75) is 20.4 Å². The Kier molecular flexibility index (Phi) is 4.73. The monoisotopic (exact) mass is 289 g/mol. The van der Waals surface area contributed by atoms with Gasteiger partial charge in [0.15, 0.2) is 0 Å². The quantitative estimate of drug-likeness (QED) is 0.770. The molecule has 0 aliphatic heterocycles. The summed E-state index contributed by atoms with van der Waals surface area (Å²) in [7, 11) is 0. The summed E-state index contributed by atoms with van der Waals surface area (Å²) in [5.74, 6) is 0. The molecule has 72 valence electrons. The molecule has 0 aliphatic rings. The van der Waals surface area contributed by atoms with Gasteiger partial charge in [0.25, 0.3) is 0 Å². The lowest BCUT2D eigenvalue weighted by molar-refractivity contribution is 0.296. The summed E-state index contributed by atoms with van der Waals surface area (Å²) in [6.07, 6.45) is 0. The highest BCUT2D eigenvalue weighted by Crippen LogP contribution is 2.08. The molecule has 2 heteroatoms. The maximum atomic E-state index is 2.42. The topological polar surface area (TPSA) is 3.24 Å². The van der Waals surface area contributed by atoms with Gasteiger partial charge in [0.2, 0.25) is 0 Å². The first-order chi connectivity index (χ1) is 6.26. The van der Waals surface area contributed by atoms with Crippen molar-refractivity contribution < 1.29 is 0 Å². The molecule has 0 amide bonds. The molecular weight excluding hydrogens is 273 g/mol. The van der Waals surface area contributed by atoms with Gasteiger partial charge in [-0.05, 0) is 53.4 Å². The lowest BCUT2D eigenvalue weighted by atomic mass is 10.2. The van der Waals surface area contributed by atoms with Crippen molar-refractivity contribution >= 4 is 22.6 Å². The number of hydrogen-bond acceptors (Lipinski definition) is 1. The summed E-state index contributed by atoms with van der Waals surface area (Å²) in [5.41, 5.74) is 1.41. The molecule has 0 unspecified atom stereocenters. The Morgan fingerprint density at radius 2 is 1.62 bits per heavy atom. The maximum Gasteiger partial charge on any atom is 0.0233 e. The fourth-order valence-corrected chi connectivity index (χ4v) is 1.65. The largest absolute Gasteiger partial charge is 0.300 e. The van der Waals surface area contributed by atoms with Crippen molar-refractivity contribution in [3.8, 4) is 0 Å². The van der Waals surface area contributed by atoms with Gasteiger partial charge in [0, 0.05) is 10.1 Å². The van der Waals surface area contributed by atoms with E-state index in [-0.39, 0.29) is 0 Å². The van der Waals surface area contributed by atoms with E-state index in [4.69, 9.17) is 0 Å². The van der Waals surface area contributed by atoms with Gasteiger partial charge in [-0.1, -0.05) is 26.0 Å². The number of halogens is 1. The van der Waals surface area contributed by atoms with E-state index in [2.05, 4.69) is 65.6 Å². The summed E-state index contributed by atoms with van der Waals surface area (Å²) in [4.78, 5) is 2.42. The second kappa shape index (κ2) is 5.60. The van der Waals surface area contributed by atoms with E-state index in [1.807, 2.05) is 0 Å². The zero-order valence-corrected chi connectivity index (χ0v) is 10.4. The minimum absolute atomic E-state index is 1.07. The van der Waals surface area contributed by atoms with Gasteiger partial charge in [-0.25, -0.2) is 0 Å². The van der Waals surface area contributed by atoms with Crippen LogP contribution in [0.15, 0.2) is 24.3 Å². The predicted octanol–water partition coefficient (Wildman–Crippen LogP) is 3.13. The third-order valence-electron chi connectivity index (χ3n) is 2.21. The summed E-state index contributed by atoms with van der Waals surface area (Å²) >= 11 is 2.34. The molecule has 1 nitrogen and oxygen atoms in total. The lowest BCUT2D eigenvalue weighted by Crippen LogP contribution is -2.21. The van der Waals surface area contributed by atoms with Crippen molar-refractivity contribution in [2.75, 3.05) is 13.1 Å². The van der Waals surface area contributed by atoms with Crippen molar-refractivity contribution in [1.82, 2.24) is 4.90 Å². The molecule has 0 spiro atoms. The number of nitrogens with zero attached hydrogens (tertiary/aromatic N) is 1. The van der Waals surface area contributed by atoms with Crippen molar-refractivity contribution in [3.63, 3.8) is 0 Å². The highest BCUT2D eigenvalue weighted by Gasteiger charge is 1.99. The second-order valence-electron chi connectivity index (χ2n) is 3.09. The Morgan fingerprint density at radius 3 is 2.08 bits per heavy atom. The van der Waals surface area contributed by atoms with Crippen LogP contribution in [0.2, 0.25) is 0 Å². The van der Waals surface area contributed by atoms with E-state index in [0.29, 0.717) is 0 Å². The molecule has 0 aliphatic carbocycles. The SMILES string of the molecule is CCN(CC)Cc1ccc(I)cc1. The maximum absolute atomic E-state index is 2.42. The average molecular weight is 289 g/mol. The van der Waals surface area contributed by atoms with E-state index >= 15 is 0 Å². The summed E-state index contributed by atoms with van der Waals surface area (Å²) in [5, 5.41) is 0. The fourth-order valence-electron chi connectivity index (χ4n) is 1.30. The van der Waals surface area contributed by atoms with E-state index in [1.54, 1.807) is 0 Å². The van der Waals surface area contributed by atoms with Gasteiger partial charge in [-0.2, -0.15) is 0 Å². The third-order valence-corrected chi connectivity index (χ3v) is 2.93. The van der Waals surface area contributed by atoms with Gasteiger partial charge in [0.05, 0.1) is 0 Å². The molecule has 0 fully saturated rings. The van der Waals surface area contributed by atoms with Crippen LogP contribution in [0.4, 0.5) is 0 Å². The number of benzene rings is 1. The van der Waals surface area contributed by atoms with Crippen LogP contribution in [0.1, 0.15) is 19.4 Å². The minimum atomic E-state index is 1.07. The Morgan fingerprint density at radius 1 is 1.08 bits per heavy atom. The molecule has 1 aromatic carbocycles. The Balaban J connectivity index is 2.58. The van der Waals surface area contributed by atoms with Crippen LogP contribution in [-0.4, -0.2) is 18.0 Å². The molecule has 0 saturated heterocycles. The zero-order valence-electron chi connectivity index (χ0n) is 8.26. The highest BCUT2D eigenvalue weighted by atomic mass is 127.